The van der Waals surface area contributed by atoms with Gasteiger partial charge in [-0.1, -0.05) is 18.2 Å². The molecule has 0 radical (unpaired) electrons. The smallest absolute Gasteiger partial charge is 0.161 e. The minimum atomic E-state index is -0.0805. The molecule has 4 aromatic rings. The number of nitrogens with zero attached hydrogens (tertiary/aromatic N) is 3. The number of aryl methyl sites for hydroxylation is 1. The summed E-state index contributed by atoms with van der Waals surface area (Å²) in [6.07, 6.45) is 2.31. The van der Waals surface area contributed by atoms with Crippen LogP contribution in [0.2, 0.25) is 0 Å². The summed E-state index contributed by atoms with van der Waals surface area (Å²) in [6.45, 7) is 2.01. The molecule has 0 saturated carbocycles. The van der Waals surface area contributed by atoms with E-state index in [-0.39, 0.29) is 6.04 Å². The Bertz CT molecular complexity index is 1300. The number of methoxy groups -OCH3 is 3. The number of hydrogen-bond donors (Lipinski definition) is 0. The van der Waals surface area contributed by atoms with E-state index in [4.69, 9.17) is 28.7 Å². The van der Waals surface area contributed by atoms with Gasteiger partial charge >= 0.3 is 0 Å². The summed E-state index contributed by atoms with van der Waals surface area (Å²) in [6, 6.07) is 17.7. The van der Waals surface area contributed by atoms with Gasteiger partial charge in [-0.2, -0.15) is 5.10 Å². The zero-order chi connectivity index (χ0) is 22.9. The number of ether oxygens (including phenoxy) is 3. The first-order valence-corrected chi connectivity index (χ1v) is 10.7. The molecule has 168 valence electrons. The average Bonchev–Trinajstić information content (AvgIpc) is 3.50. The quantitative estimate of drug-likeness (QED) is 0.388. The van der Waals surface area contributed by atoms with Gasteiger partial charge in [0.15, 0.2) is 17.3 Å². The molecule has 0 spiro atoms. The Hall–Kier alpha value is -4.00. The number of furan rings is 1. The summed E-state index contributed by atoms with van der Waals surface area (Å²) in [7, 11) is 4.94. The second-order valence-corrected chi connectivity index (χ2v) is 7.83. The number of fused-ring (bicyclic) bond motifs is 1. The summed E-state index contributed by atoms with van der Waals surface area (Å²) in [5.74, 6) is 3.73. The summed E-state index contributed by atoms with van der Waals surface area (Å²) >= 11 is 0. The van der Waals surface area contributed by atoms with Crippen molar-refractivity contribution in [2.75, 3.05) is 21.3 Å². The largest absolute Gasteiger partial charge is 0.497 e. The zero-order valence-corrected chi connectivity index (χ0v) is 19.0. The van der Waals surface area contributed by atoms with E-state index in [1.807, 2.05) is 66.2 Å². The van der Waals surface area contributed by atoms with Gasteiger partial charge < -0.3 is 18.6 Å². The van der Waals surface area contributed by atoms with Gasteiger partial charge in [-0.05, 0) is 54.4 Å². The molecule has 1 aliphatic heterocycles. The minimum Gasteiger partial charge on any atom is -0.497 e. The molecule has 0 aliphatic carbocycles. The Morgan fingerprint density at radius 2 is 1.73 bits per heavy atom. The van der Waals surface area contributed by atoms with Crippen molar-refractivity contribution in [3.63, 3.8) is 0 Å². The van der Waals surface area contributed by atoms with Gasteiger partial charge in [0.2, 0.25) is 0 Å². The molecule has 0 unspecified atom stereocenters. The maximum Gasteiger partial charge on any atom is 0.161 e. The zero-order valence-electron chi connectivity index (χ0n) is 19.0. The first-order valence-electron chi connectivity index (χ1n) is 10.7. The second-order valence-electron chi connectivity index (χ2n) is 7.83. The molecular formula is C26H25N3O4. The number of benzene rings is 2. The van der Waals surface area contributed by atoms with Crippen molar-refractivity contribution in [3.05, 3.63) is 77.9 Å². The van der Waals surface area contributed by atoms with Crippen molar-refractivity contribution in [2.45, 2.75) is 19.4 Å². The molecule has 5 rings (SSSR count). The van der Waals surface area contributed by atoms with E-state index < -0.39 is 0 Å². The van der Waals surface area contributed by atoms with Gasteiger partial charge in [-0.25, -0.2) is 9.67 Å². The Balaban J connectivity index is 1.68. The third-order valence-corrected chi connectivity index (χ3v) is 5.96. The van der Waals surface area contributed by atoms with Gasteiger partial charge in [0.1, 0.15) is 11.5 Å². The van der Waals surface area contributed by atoms with Crippen molar-refractivity contribution in [1.29, 1.82) is 0 Å². The molecule has 0 amide bonds. The lowest BCUT2D eigenvalue weighted by Gasteiger charge is -2.25. The van der Waals surface area contributed by atoms with Crippen LogP contribution in [-0.2, 0) is 0 Å². The molecule has 2 aromatic carbocycles. The molecular weight excluding hydrogens is 418 g/mol. The lowest BCUT2D eigenvalue weighted by Crippen LogP contribution is -2.21. The molecule has 7 heteroatoms. The predicted molar refractivity (Wildman–Crippen MR) is 126 cm³/mol. The highest BCUT2D eigenvalue weighted by Crippen LogP contribution is 2.43. The highest BCUT2D eigenvalue weighted by atomic mass is 16.5. The van der Waals surface area contributed by atoms with Crippen LogP contribution < -0.4 is 14.2 Å². The molecule has 0 fully saturated rings. The Morgan fingerprint density at radius 1 is 0.939 bits per heavy atom. The first kappa shape index (κ1) is 20.9. The van der Waals surface area contributed by atoms with Crippen LogP contribution >= 0.6 is 0 Å². The predicted octanol–water partition coefficient (Wildman–Crippen LogP) is 5.59. The van der Waals surface area contributed by atoms with Crippen molar-refractivity contribution in [1.82, 2.24) is 9.78 Å². The van der Waals surface area contributed by atoms with Crippen molar-refractivity contribution < 1.29 is 18.6 Å². The number of aliphatic imine (C=N–C) groups is 1. The SMILES string of the molecule is COc1ccc(-c2c(C)nn3c2N=C(c2ccco2)C[C@H]3c2ccc(OC)c(OC)c2)cc1. The molecule has 0 N–H and O–H groups in total. The van der Waals surface area contributed by atoms with Crippen molar-refractivity contribution in [2.24, 2.45) is 4.99 Å². The number of hydrogen-bond acceptors (Lipinski definition) is 6. The molecule has 2 aromatic heterocycles. The third-order valence-electron chi connectivity index (χ3n) is 5.96. The maximum atomic E-state index is 5.71. The van der Waals surface area contributed by atoms with E-state index in [2.05, 4.69) is 0 Å². The van der Waals surface area contributed by atoms with Gasteiger partial charge in [0.25, 0.3) is 0 Å². The fourth-order valence-corrected chi connectivity index (χ4v) is 4.32. The van der Waals surface area contributed by atoms with Crippen LogP contribution in [0.3, 0.4) is 0 Å². The van der Waals surface area contributed by atoms with E-state index in [9.17, 15) is 0 Å². The van der Waals surface area contributed by atoms with Crippen molar-refractivity contribution >= 4 is 11.5 Å². The maximum absolute atomic E-state index is 5.71. The summed E-state index contributed by atoms with van der Waals surface area (Å²) in [5.41, 5.74) is 4.86. The van der Waals surface area contributed by atoms with Crippen LogP contribution in [0, 0.1) is 6.92 Å². The normalized spacial score (nSPS) is 15.0. The lowest BCUT2D eigenvalue weighted by molar-refractivity contribution is 0.353. The molecule has 3 heterocycles. The Labute approximate surface area is 192 Å². The molecule has 1 atom stereocenters. The highest BCUT2D eigenvalue weighted by Gasteiger charge is 2.31. The highest BCUT2D eigenvalue weighted by molar-refractivity contribution is 6.02. The van der Waals surface area contributed by atoms with Crippen LogP contribution in [0.4, 0.5) is 5.82 Å². The summed E-state index contributed by atoms with van der Waals surface area (Å²) in [5, 5.41) is 4.92. The second kappa shape index (κ2) is 8.50. The van der Waals surface area contributed by atoms with Gasteiger partial charge in [-0.3, -0.25) is 0 Å². The van der Waals surface area contributed by atoms with Gasteiger partial charge in [0.05, 0.1) is 45.0 Å². The summed E-state index contributed by atoms with van der Waals surface area (Å²) in [4.78, 5) is 5.02. The number of rotatable bonds is 6. The standard InChI is InChI=1S/C26H25N3O4/c1-16-25(17-7-10-19(30-2)11-8-17)26-27-20(22-6-5-13-33-22)15-21(29(26)28-16)18-9-12-23(31-3)24(14-18)32-4/h5-14,21H,15H2,1-4H3/t21-/m0/s1. The van der Waals surface area contributed by atoms with Crippen LogP contribution in [0.1, 0.15) is 29.5 Å². The third kappa shape index (κ3) is 3.65. The van der Waals surface area contributed by atoms with Crippen molar-refractivity contribution in [3.8, 4) is 28.4 Å². The molecule has 0 bridgehead atoms. The van der Waals surface area contributed by atoms with E-state index >= 15 is 0 Å². The monoisotopic (exact) mass is 443 g/mol. The first-order chi connectivity index (χ1) is 16.1. The fourth-order valence-electron chi connectivity index (χ4n) is 4.32. The fraction of sp³-hybridized carbons (Fsp3) is 0.231. The average molecular weight is 444 g/mol. The summed E-state index contributed by atoms with van der Waals surface area (Å²) < 4.78 is 24.0. The molecule has 1 aliphatic rings. The van der Waals surface area contributed by atoms with E-state index in [0.717, 1.165) is 45.4 Å². The Morgan fingerprint density at radius 3 is 2.39 bits per heavy atom. The number of aromatic nitrogens is 2. The van der Waals surface area contributed by atoms with Crippen LogP contribution in [0.15, 0.2) is 70.3 Å². The Kier molecular flexibility index (Phi) is 5.38. The van der Waals surface area contributed by atoms with Crippen LogP contribution in [-0.4, -0.2) is 36.8 Å². The van der Waals surface area contributed by atoms with Gasteiger partial charge in [0, 0.05) is 12.0 Å². The molecule has 33 heavy (non-hydrogen) atoms. The van der Waals surface area contributed by atoms with E-state index in [1.165, 1.54) is 0 Å². The van der Waals surface area contributed by atoms with Crippen LogP contribution in [0.25, 0.3) is 11.1 Å². The molecule has 7 nitrogen and oxygen atoms in total. The lowest BCUT2D eigenvalue weighted by atomic mass is 9.97. The van der Waals surface area contributed by atoms with Gasteiger partial charge in [-0.15, -0.1) is 0 Å². The van der Waals surface area contributed by atoms with E-state index in [1.54, 1.807) is 27.6 Å². The molecule has 0 saturated heterocycles. The van der Waals surface area contributed by atoms with Crippen LogP contribution in [0.5, 0.6) is 17.2 Å². The topological polar surface area (TPSA) is 71.0 Å². The van der Waals surface area contributed by atoms with E-state index in [0.29, 0.717) is 17.9 Å². The minimum absolute atomic E-state index is 0.0805.